The summed E-state index contributed by atoms with van der Waals surface area (Å²) >= 11 is 0. The summed E-state index contributed by atoms with van der Waals surface area (Å²) in [6, 6.07) is 6.63. The van der Waals surface area contributed by atoms with Crippen LogP contribution in [0.1, 0.15) is 24.8 Å². The van der Waals surface area contributed by atoms with Crippen LogP contribution in [-0.4, -0.2) is 25.1 Å². The highest BCUT2D eigenvalue weighted by Gasteiger charge is 2.18. The zero-order valence-corrected chi connectivity index (χ0v) is 10.4. The van der Waals surface area contributed by atoms with Crippen LogP contribution < -0.4 is 15.4 Å². The van der Waals surface area contributed by atoms with Gasteiger partial charge in [0.25, 0.3) is 5.91 Å². The molecule has 18 heavy (non-hydrogen) atoms. The van der Waals surface area contributed by atoms with Gasteiger partial charge in [-0.15, -0.1) is 0 Å². The predicted molar refractivity (Wildman–Crippen MR) is 69.9 cm³/mol. The van der Waals surface area contributed by atoms with Gasteiger partial charge in [-0.1, -0.05) is 12.5 Å². The molecule has 1 saturated heterocycles. The number of carbonyl (C=O) groups excluding carboxylic acids is 1. The SMILES string of the molecule is O=C1COc2cc(CC3CCCCN3)ccc2N1. The van der Waals surface area contributed by atoms with Crippen LogP contribution in [0.5, 0.6) is 5.75 Å². The van der Waals surface area contributed by atoms with Crippen molar-refractivity contribution in [3.05, 3.63) is 23.8 Å². The summed E-state index contributed by atoms with van der Waals surface area (Å²) in [6.45, 7) is 1.25. The molecule has 0 radical (unpaired) electrons. The zero-order chi connectivity index (χ0) is 12.4. The molecular weight excluding hydrogens is 228 g/mol. The maximum atomic E-state index is 11.2. The Balaban J connectivity index is 1.71. The van der Waals surface area contributed by atoms with Crippen LogP contribution in [0.2, 0.25) is 0 Å². The first-order valence-corrected chi connectivity index (χ1v) is 6.60. The molecule has 0 spiro atoms. The van der Waals surface area contributed by atoms with Gasteiger partial charge in [0.1, 0.15) is 5.75 Å². The first-order chi connectivity index (χ1) is 8.81. The largest absolute Gasteiger partial charge is 0.482 e. The number of hydrogen-bond donors (Lipinski definition) is 2. The number of ether oxygens (including phenoxy) is 1. The minimum Gasteiger partial charge on any atom is -0.482 e. The van der Waals surface area contributed by atoms with E-state index in [0.717, 1.165) is 24.4 Å². The third-order valence-electron chi connectivity index (χ3n) is 3.57. The Kier molecular flexibility index (Phi) is 3.19. The summed E-state index contributed by atoms with van der Waals surface area (Å²) < 4.78 is 5.43. The molecule has 0 saturated carbocycles. The molecule has 1 atom stereocenters. The Morgan fingerprint density at radius 1 is 1.33 bits per heavy atom. The number of rotatable bonds is 2. The van der Waals surface area contributed by atoms with Crippen molar-refractivity contribution in [2.75, 3.05) is 18.5 Å². The highest BCUT2D eigenvalue weighted by molar-refractivity contribution is 5.95. The molecule has 1 aromatic carbocycles. The number of piperidine rings is 1. The van der Waals surface area contributed by atoms with Crippen molar-refractivity contribution < 1.29 is 9.53 Å². The van der Waals surface area contributed by atoms with Crippen molar-refractivity contribution in [3.8, 4) is 5.75 Å². The van der Waals surface area contributed by atoms with Gasteiger partial charge < -0.3 is 15.4 Å². The zero-order valence-electron chi connectivity index (χ0n) is 10.4. The van der Waals surface area contributed by atoms with Crippen molar-refractivity contribution in [2.45, 2.75) is 31.7 Å². The third kappa shape index (κ3) is 2.48. The van der Waals surface area contributed by atoms with Crippen molar-refractivity contribution in [2.24, 2.45) is 0 Å². The Labute approximate surface area is 107 Å². The first-order valence-electron chi connectivity index (χ1n) is 6.60. The number of anilines is 1. The quantitative estimate of drug-likeness (QED) is 0.835. The van der Waals surface area contributed by atoms with Gasteiger partial charge in [0.2, 0.25) is 0 Å². The summed E-state index contributed by atoms with van der Waals surface area (Å²) in [4.78, 5) is 11.2. The number of hydrogen-bond acceptors (Lipinski definition) is 3. The molecule has 96 valence electrons. The van der Waals surface area contributed by atoms with Crippen molar-refractivity contribution in [3.63, 3.8) is 0 Å². The normalized spacial score (nSPS) is 22.9. The maximum Gasteiger partial charge on any atom is 0.262 e. The number of carbonyl (C=O) groups is 1. The Hall–Kier alpha value is -1.55. The molecule has 2 aliphatic rings. The number of fused-ring (bicyclic) bond motifs is 1. The molecule has 3 rings (SSSR count). The van der Waals surface area contributed by atoms with E-state index in [1.54, 1.807) is 0 Å². The van der Waals surface area contributed by atoms with Crippen LogP contribution in [0.15, 0.2) is 18.2 Å². The smallest absolute Gasteiger partial charge is 0.262 e. The van der Waals surface area contributed by atoms with E-state index in [0.29, 0.717) is 6.04 Å². The van der Waals surface area contributed by atoms with E-state index in [1.807, 2.05) is 12.1 Å². The topological polar surface area (TPSA) is 50.4 Å². The third-order valence-corrected chi connectivity index (χ3v) is 3.57. The van der Waals surface area contributed by atoms with E-state index in [2.05, 4.69) is 16.7 Å². The average Bonchev–Trinajstić information content (AvgIpc) is 2.40. The van der Waals surface area contributed by atoms with Gasteiger partial charge in [0.05, 0.1) is 5.69 Å². The van der Waals surface area contributed by atoms with E-state index >= 15 is 0 Å². The van der Waals surface area contributed by atoms with Gasteiger partial charge in [-0.2, -0.15) is 0 Å². The van der Waals surface area contributed by atoms with Crippen LogP contribution in [-0.2, 0) is 11.2 Å². The van der Waals surface area contributed by atoms with Gasteiger partial charge in [-0.3, -0.25) is 4.79 Å². The summed E-state index contributed by atoms with van der Waals surface area (Å²) in [5.41, 5.74) is 2.05. The molecule has 0 aliphatic carbocycles. The van der Waals surface area contributed by atoms with Crippen LogP contribution in [0.25, 0.3) is 0 Å². The maximum absolute atomic E-state index is 11.2. The van der Waals surface area contributed by atoms with Crippen molar-refractivity contribution >= 4 is 11.6 Å². The molecule has 4 nitrogen and oxygen atoms in total. The van der Waals surface area contributed by atoms with Crippen LogP contribution in [0, 0.1) is 0 Å². The van der Waals surface area contributed by atoms with Gasteiger partial charge in [0, 0.05) is 6.04 Å². The minimum absolute atomic E-state index is 0.0794. The minimum atomic E-state index is -0.0794. The highest BCUT2D eigenvalue weighted by Crippen LogP contribution is 2.29. The van der Waals surface area contributed by atoms with E-state index in [1.165, 1.54) is 24.8 Å². The number of nitrogens with one attached hydrogen (secondary N) is 2. The summed E-state index contributed by atoms with van der Waals surface area (Å²) in [5, 5.41) is 6.36. The summed E-state index contributed by atoms with van der Waals surface area (Å²) in [7, 11) is 0. The molecule has 1 aromatic rings. The molecule has 0 bridgehead atoms. The van der Waals surface area contributed by atoms with E-state index < -0.39 is 0 Å². The molecule has 1 unspecified atom stereocenters. The average molecular weight is 246 g/mol. The monoisotopic (exact) mass is 246 g/mol. The first kappa shape index (κ1) is 11.5. The van der Waals surface area contributed by atoms with Crippen molar-refractivity contribution in [1.29, 1.82) is 0 Å². The Morgan fingerprint density at radius 3 is 3.11 bits per heavy atom. The van der Waals surface area contributed by atoms with E-state index in [-0.39, 0.29) is 12.5 Å². The fourth-order valence-electron chi connectivity index (χ4n) is 2.63. The van der Waals surface area contributed by atoms with Crippen molar-refractivity contribution in [1.82, 2.24) is 5.32 Å². The summed E-state index contributed by atoms with van der Waals surface area (Å²) in [6.07, 6.45) is 4.88. The lowest BCUT2D eigenvalue weighted by molar-refractivity contribution is -0.118. The predicted octanol–water partition coefficient (Wildman–Crippen LogP) is 1.70. The molecule has 0 aromatic heterocycles. The highest BCUT2D eigenvalue weighted by atomic mass is 16.5. The van der Waals surface area contributed by atoms with E-state index in [4.69, 9.17) is 4.74 Å². The van der Waals surface area contributed by atoms with Gasteiger partial charge in [0.15, 0.2) is 6.61 Å². The standard InChI is InChI=1S/C14H18N2O2/c17-14-9-18-13-8-10(4-5-12(13)16-14)7-11-3-1-2-6-15-11/h4-5,8,11,15H,1-3,6-7,9H2,(H,16,17). The lowest BCUT2D eigenvalue weighted by atomic mass is 9.97. The molecule has 2 N–H and O–H groups in total. The fourth-order valence-corrected chi connectivity index (χ4v) is 2.63. The number of amides is 1. The van der Waals surface area contributed by atoms with Crippen LogP contribution in [0.4, 0.5) is 5.69 Å². The Morgan fingerprint density at radius 2 is 2.28 bits per heavy atom. The fraction of sp³-hybridized carbons (Fsp3) is 0.500. The second-order valence-electron chi connectivity index (χ2n) is 5.02. The van der Waals surface area contributed by atoms with Gasteiger partial charge >= 0.3 is 0 Å². The molecule has 2 heterocycles. The lowest BCUT2D eigenvalue weighted by Gasteiger charge is -2.24. The lowest BCUT2D eigenvalue weighted by Crippen LogP contribution is -2.35. The Bertz CT molecular complexity index is 453. The molecule has 1 fully saturated rings. The molecule has 4 heteroatoms. The molecule has 2 aliphatic heterocycles. The van der Waals surface area contributed by atoms with Crippen LogP contribution >= 0.6 is 0 Å². The van der Waals surface area contributed by atoms with Crippen LogP contribution in [0.3, 0.4) is 0 Å². The summed E-state index contributed by atoms with van der Waals surface area (Å²) in [5.74, 6) is 0.715. The molecular formula is C14H18N2O2. The second kappa shape index (κ2) is 4.98. The van der Waals surface area contributed by atoms with Gasteiger partial charge in [-0.25, -0.2) is 0 Å². The number of benzene rings is 1. The van der Waals surface area contributed by atoms with E-state index in [9.17, 15) is 4.79 Å². The molecule has 1 amide bonds. The van der Waals surface area contributed by atoms with Gasteiger partial charge in [-0.05, 0) is 43.5 Å². The second-order valence-corrected chi connectivity index (χ2v) is 5.02.